The molecule has 1 heterocycles. The summed E-state index contributed by atoms with van der Waals surface area (Å²) < 4.78 is 17.3. The molecule has 3 rings (SSSR count). The second-order valence-electron chi connectivity index (χ2n) is 9.57. The van der Waals surface area contributed by atoms with Crippen molar-refractivity contribution in [2.45, 2.75) is 63.8 Å². The quantitative estimate of drug-likeness (QED) is 0.370. The predicted molar refractivity (Wildman–Crippen MR) is 139 cm³/mol. The molecule has 1 saturated heterocycles. The molecule has 0 saturated carbocycles. The summed E-state index contributed by atoms with van der Waals surface area (Å²) in [6.07, 6.45) is 1.46. The number of aliphatic carboxylic acids is 1. The first-order chi connectivity index (χ1) is 17.5. The summed E-state index contributed by atoms with van der Waals surface area (Å²) in [7, 11) is 1.49. The Morgan fingerprint density at radius 3 is 2.51 bits per heavy atom. The van der Waals surface area contributed by atoms with E-state index in [0.29, 0.717) is 16.3 Å². The van der Waals surface area contributed by atoms with E-state index in [-0.39, 0.29) is 31.0 Å². The number of ether oxygens (including phenoxy) is 3. The number of carboxylic acids is 1. The highest BCUT2D eigenvalue weighted by Crippen LogP contribution is 2.42. The minimum absolute atomic E-state index is 0.0496. The van der Waals surface area contributed by atoms with E-state index in [1.54, 1.807) is 18.2 Å². The van der Waals surface area contributed by atoms with Crippen LogP contribution >= 0.6 is 11.6 Å². The van der Waals surface area contributed by atoms with Gasteiger partial charge in [0.05, 0.1) is 24.3 Å². The molecule has 200 valence electrons. The summed E-state index contributed by atoms with van der Waals surface area (Å²) in [5, 5.41) is 23.2. The molecule has 37 heavy (non-hydrogen) atoms. The molecular formula is C28H34ClNO7. The van der Waals surface area contributed by atoms with Crippen LogP contribution in [-0.4, -0.2) is 53.2 Å². The van der Waals surface area contributed by atoms with Crippen LogP contribution in [0.4, 0.5) is 0 Å². The molecule has 1 amide bonds. The van der Waals surface area contributed by atoms with Gasteiger partial charge in [-0.1, -0.05) is 61.0 Å². The number of amides is 1. The summed E-state index contributed by atoms with van der Waals surface area (Å²) in [5.41, 5.74) is 1.60. The zero-order valence-electron chi connectivity index (χ0n) is 21.4. The molecule has 3 N–H and O–H groups in total. The maximum atomic E-state index is 12.4. The van der Waals surface area contributed by atoms with Gasteiger partial charge in [0.1, 0.15) is 17.9 Å². The van der Waals surface area contributed by atoms with Crippen molar-refractivity contribution in [1.29, 1.82) is 0 Å². The van der Waals surface area contributed by atoms with Gasteiger partial charge in [0, 0.05) is 12.3 Å². The topological polar surface area (TPSA) is 114 Å². The Hall–Kier alpha value is -2.91. The van der Waals surface area contributed by atoms with Crippen molar-refractivity contribution in [1.82, 2.24) is 5.32 Å². The van der Waals surface area contributed by atoms with Gasteiger partial charge in [0.15, 0.2) is 5.79 Å². The van der Waals surface area contributed by atoms with Gasteiger partial charge in [-0.3, -0.25) is 4.79 Å². The minimum Gasteiger partial charge on any atom is -0.495 e. The van der Waals surface area contributed by atoms with Crippen molar-refractivity contribution in [2.75, 3.05) is 7.11 Å². The number of aliphatic hydroxyl groups excluding tert-OH is 1. The lowest BCUT2D eigenvalue weighted by atomic mass is 9.89. The lowest BCUT2D eigenvalue weighted by Gasteiger charge is -2.27. The van der Waals surface area contributed by atoms with Crippen molar-refractivity contribution in [3.05, 3.63) is 76.8 Å². The number of carbonyl (C=O) groups is 2. The molecule has 0 bridgehead atoms. The molecule has 9 heteroatoms. The van der Waals surface area contributed by atoms with Crippen molar-refractivity contribution in [2.24, 2.45) is 5.92 Å². The van der Waals surface area contributed by atoms with E-state index >= 15 is 0 Å². The Morgan fingerprint density at radius 2 is 1.89 bits per heavy atom. The zero-order chi connectivity index (χ0) is 27.2. The molecule has 8 nitrogen and oxygen atoms in total. The lowest BCUT2D eigenvalue weighted by Crippen LogP contribution is -2.41. The Balaban J connectivity index is 1.58. The van der Waals surface area contributed by atoms with Crippen molar-refractivity contribution in [3.8, 4) is 5.75 Å². The Bertz CT molecular complexity index is 1100. The second kappa shape index (κ2) is 12.6. The fraction of sp³-hybridized carbons (Fsp3) is 0.429. The lowest BCUT2D eigenvalue weighted by molar-refractivity contribution is -0.153. The number of aliphatic hydroxyl groups is 1. The second-order valence-corrected chi connectivity index (χ2v) is 9.98. The average Bonchev–Trinajstić information content (AvgIpc) is 3.19. The maximum Gasteiger partial charge on any atom is 0.326 e. The van der Waals surface area contributed by atoms with Crippen molar-refractivity contribution >= 4 is 23.5 Å². The molecule has 1 aliphatic heterocycles. The SMILES string of the molecule is COc1ccc(C[C@@H](NC(=O)/C=C/C[C@H](O)[C@H](C)[C@H]2OC(C)(C)O[C@@H]2c2ccccc2)C(=O)O)cc1Cl. The van der Waals surface area contributed by atoms with Crippen molar-refractivity contribution in [3.63, 3.8) is 0 Å². The monoisotopic (exact) mass is 531 g/mol. The largest absolute Gasteiger partial charge is 0.495 e. The Labute approximate surface area is 222 Å². The first-order valence-corrected chi connectivity index (χ1v) is 12.5. The van der Waals surface area contributed by atoms with Gasteiger partial charge in [-0.05, 0) is 49.6 Å². The smallest absolute Gasteiger partial charge is 0.326 e. The molecular weight excluding hydrogens is 498 g/mol. The number of methoxy groups -OCH3 is 1. The third-order valence-corrected chi connectivity index (χ3v) is 6.60. The number of benzene rings is 2. The van der Waals surface area contributed by atoms with E-state index in [2.05, 4.69) is 5.32 Å². The van der Waals surface area contributed by atoms with Gasteiger partial charge < -0.3 is 29.7 Å². The highest BCUT2D eigenvalue weighted by molar-refractivity contribution is 6.32. The van der Waals surface area contributed by atoms with E-state index in [4.69, 9.17) is 25.8 Å². The molecule has 5 atom stereocenters. The maximum absolute atomic E-state index is 12.4. The highest BCUT2D eigenvalue weighted by Gasteiger charge is 2.45. The molecule has 0 aliphatic carbocycles. The van der Waals surface area contributed by atoms with Crippen LogP contribution in [0.2, 0.25) is 5.02 Å². The fourth-order valence-corrected chi connectivity index (χ4v) is 4.59. The van der Waals surface area contributed by atoms with Crippen LogP contribution in [0.1, 0.15) is 44.4 Å². The van der Waals surface area contributed by atoms with E-state index in [1.165, 1.54) is 19.3 Å². The van der Waals surface area contributed by atoms with E-state index in [0.717, 1.165) is 5.56 Å². The van der Waals surface area contributed by atoms with E-state index < -0.39 is 29.8 Å². The number of carbonyl (C=O) groups excluding carboxylic acids is 1. The van der Waals surface area contributed by atoms with Gasteiger partial charge >= 0.3 is 5.97 Å². The van der Waals surface area contributed by atoms with Crippen LogP contribution in [0.25, 0.3) is 0 Å². The summed E-state index contributed by atoms with van der Waals surface area (Å²) >= 11 is 6.12. The number of hydrogen-bond acceptors (Lipinski definition) is 6. The van der Waals surface area contributed by atoms with Crippen LogP contribution in [0.15, 0.2) is 60.7 Å². The number of rotatable bonds is 11. The normalized spacial score (nSPS) is 21.4. The van der Waals surface area contributed by atoms with E-state index in [9.17, 15) is 19.8 Å². The number of hydrogen-bond donors (Lipinski definition) is 3. The first-order valence-electron chi connectivity index (χ1n) is 12.1. The van der Waals surface area contributed by atoms with Crippen LogP contribution in [0, 0.1) is 5.92 Å². The molecule has 0 aromatic heterocycles. The average molecular weight is 532 g/mol. The fourth-order valence-electron chi connectivity index (χ4n) is 4.31. The van der Waals surface area contributed by atoms with Crippen LogP contribution in [0.3, 0.4) is 0 Å². The summed E-state index contributed by atoms with van der Waals surface area (Å²) in [4.78, 5) is 24.1. The summed E-state index contributed by atoms with van der Waals surface area (Å²) in [6.45, 7) is 5.56. The number of carboxylic acid groups (broad SMARTS) is 1. The number of nitrogens with one attached hydrogen (secondary N) is 1. The Morgan fingerprint density at radius 1 is 1.19 bits per heavy atom. The molecule has 0 unspecified atom stereocenters. The van der Waals surface area contributed by atoms with E-state index in [1.807, 2.05) is 51.1 Å². The molecule has 2 aromatic carbocycles. The van der Waals surface area contributed by atoms with Gasteiger partial charge in [-0.2, -0.15) is 0 Å². The third-order valence-electron chi connectivity index (χ3n) is 6.30. The Kier molecular flexibility index (Phi) is 9.73. The van der Waals surface area contributed by atoms with Crippen molar-refractivity contribution < 1.29 is 34.0 Å². The highest BCUT2D eigenvalue weighted by atomic mass is 35.5. The molecule has 0 radical (unpaired) electrons. The summed E-state index contributed by atoms with van der Waals surface area (Å²) in [6, 6.07) is 13.5. The van der Waals surface area contributed by atoms with Gasteiger partial charge in [0.2, 0.25) is 5.91 Å². The first kappa shape index (κ1) is 28.7. The standard InChI is InChI=1S/C28H34ClNO7/c1-17(25-26(37-28(2,3)36-25)19-9-6-5-7-10-19)22(31)11-8-12-24(32)30-21(27(33)34)16-18-13-14-23(35-4)20(29)15-18/h5-10,12-15,17,21-22,25-26,31H,11,16H2,1-4H3,(H,30,32)(H,33,34)/b12-8+/t17-,21+,22-,25+,26+/m0/s1. The van der Waals surface area contributed by atoms with Crippen LogP contribution in [-0.2, 0) is 25.5 Å². The molecule has 0 spiro atoms. The van der Waals surface area contributed by atoms with Crippen LogP contribution < -0.4 is 10.1 Å². The third kappa shape index (κ3) is 7.79. The van der Waals surface area contributed by atoms with Crippen LogP contribution in [0.5, 0.6) is 5.75 Å². The predicted octanol–water partition coefficient (Wildman–Crippen LogP) is 4.30. The molecule has 1 fully saturated rings. The number of halogens is 1. The summed E-state index contributed by atoms with van der Waals surface area (Å²) in [5.74, 6) is -2.36. The zero-order valence-corrected chi connectivity index (χ0v) is 22.1. The van der Waals surface area contributed by atoms with Gasteiger partial charge in [0.25, 0.3) is 0 Å². The minimum atomic E-state index is -1.17. The molecule has 1 aliphatic rings. The van der Waals surface area contributed by atoms with Gasteiger partial charge in [-0.15, -0.1) is 0 Å². The molecule has 2 aromatic rings. The van der Waals surface area contributed by atoms with Gasteiger partial charge in [-0.25, -0.2) is 4.79 Å².